The third-order valence-electron chi connectivity index (χ3n) is 8.84. The first-order valence-corrected chi connectivity index (χ1v) is 14.3. The van der Waals surface area contributed by atoms with Crippen molar-refractivity contribution in [1.82, 2.24) is 24.5 Å². The van der Waals surface area contributed by atoms with Crippen molar-refractivity contribution in [3.63, 3.8) is 0 Å². The summed E-state index contributed by atoms with van der Waals surface area (Å²) in [6.07, 6.45) is 12.3. The van der Waals surface area contributed by atoms with Gasteiger partial charge in [0.1, 0.15) is 22.9 Å². The van der Waals surface area contributed by atoms with Crippen LogP contribution in [0.4, 0.5) is 20.5 Å². The second-order valence-electron chi connectivity index (χ2n) is 11.6. The fourth-order valence-corrected chi connectivity index (χ4v) is 6.61. The zero-order chi connectivity index (χ0) is 27.1. The van der Waals surface area contributed by atoms with Crippen molar-refractivity contribution in [3.8, 4) is 11.3 Å². The largest absolute Gasteiger partial charge is 0.325 e. The number of hydrogen-bond acceptors (Lipinski definition) is 5. The molecule has 39 heavy (non-hydrogen) atoms. The minimum absolute atomic E-state index is 0.0451. The summed E-state index contributed by atoms with van der Waals surface area (Å²) in [4.78, 5) is 17.6. The number of anilines is 2. The van der Waals surface area contributed by atoms with Gasteiger partial charge in [0.15, 0.2) is 11.6 Å². The molecule has 4 aromatic rings. The lowest BCUT2D eigenvalue weighted by atomic mass is 9.75. The van der Waals surface area contributed by atoms with Crippen molar-refractivity contribution in [2.24, 2.45) is 11.8 Å². The van der Waals surface area contributed by atoms with Crippen molar-refractivity contribution in [2.75, 3.05) is 5.32 Å². The number of rotatable bonds is 6. The third-order valence-corrected chi connectivity index (χ3v) is 8.84. The molecule has 0 radical (unpaired) electrons. The number of halogens is 2. The van der Waals surface area contributed by atoms with E-state index in [0.717, 1.165) is 49.5 Å². The van der Waals surface area contributed by atoms with Crippen LogP contribution in [-0.4, -0.2) is 24.5 Å². The highest BCUT2D eigenvalue weighted by atomic mass is 19.1. The van der Waals surface area contributed by atoms with E-state index in [1.165, 1.54) is 37.3 Å². The molecule has 6 nitrogen and oxygen atoms in total. The highest BCUT2D eigenvalue weighted by molar-refractivity contribution is 5.83. The predicted molar refractivity (Wildman–Crippen MR) is 150 cm³/mol. The van der Waals surface area contributed by atoms with Gasteiger partial charge in [0.05, 0.1) is 11.7 Å². The van der Waals surface area contributed by atoms with Gasteiger partial charge in [-0.3, -0.25) is 0 Å². The number of fused-ring (bicyclic) bond motifs is 1. The van der Waals surface area contributed by atoms with Gasteiger partial charge in [-0.1, -0.05) is 32.8 Å². The maximum atomic E-state index is 15.2. The van der Waals surface area contributed by atoms with Crippen LogP contribution in [-0.2, 0) is 0 Å². The van der Waals surface area contributed by atoms with E-state index in [0.29, 0.717) is 28.3 Å². The standard InChI is InChI=1S/C31H36F2N6/c1-18(2)20-8-10-21(11-9-20)22-12-13-28(34-16-22)37-31-35-17-26(33)29(38-31)23-14-25(32)30-27(15-23)39(19(3)36-30)24-6-4-5-7-24/h12-18,20-21,24H,4-11H2,1-3H3,(H,34,35,37,38). The molecule has 0 spiro atoms. The van der Waals surface area contributed by atoms with Crippen LogP contribution >= 0.6 is 0 Å². The van der Waals surface area contributed by atoms with Crippen LogP contribution in [0.25, 0.3) is 22.3 Å². The van der Waals surface area contributed by atoms with Crippen LogP contribution in [0.15, 0.2) is 36.7 Å². The van der Waals surface area contributed by atoms with Crippen LogP contribution in [0.2, 0.25) is 0 Å². The molecule has 1 N–H and O–H groups in total. The minimum Gasteiger partial charge on any atom is -0.325 e. The summed E-state index contributed by atoms with van der Waals surface area (Å²) >= 11 is 0. The molecule has 0 unspecified atom stereocenters. The van der Waals surface area contributed by atoms with Crippen molar-refractivity contribution in [1.29, 1.82) is 0 Å². The van der Waals surface area contributed by atoms with Gasteiger partial charge in [-0.05, 0) is 87.0 Å². The maximum Gasteiger partial charge on any atom is 0.229 e. The summed E-state index contributed by atoms with van der Waals surface area (Å²) in [7, 11) is 0. The zero-order valence-electron chi connectivity index (χ0n) is 22.9. The Bertz CT molecular complexity index is 1460. The monoisotopic (exact) mass is 530 g/mol. The SMILES string of the molecule is Cc1nc2c(F)cc(-c3nc(Nc4ccc(C5CCC(C(C)C)CC5)cn4)ncc3F)cc2n1C1CCCC1. The molecule has 0 bridgehead atoms. The Labute approximate surface area is 228 Å². The molecule has 2 fully saturated rings. The number of aromatic nitrogens is 5. The number of nitrogens with one attached hydrogen (secondary N) is 1. The van der Waals surface area contributed by atoms with E-state index in [1.807, 2.05) is 19.2 Å². The fraction of sp³-hybridized carbons (Fsp3) is 0.484. The van der Waals surface area contributed by atoms with Crippen molar-refractivity contribution in [2.45, 2.75) is 84.1 Å². The van der Waals surface area contributed by atoms with Gasteiger partial charge in [-0.25, -0.2) is 28.7 Å². The fourth-order valence-electron chi connectivity index (χ4n) is 6.61. The number of hydrogen-bond donors (Lipinski definition) is 1. The topological polar surface area (TPSA) is 68.5 Å². The molecule has 3 aromatic heterocycles. The summed E-state index contributed by atoms with van der Waals surface area (Å²) in [6, 6.07) is 7.43. The molecular formula is C31H36F2N6. The Morgan fingerprint density at radius 2 is 1.67 bits per heavy atom. The van der Waals surface area contributed by atoms with Gasteiger partial charge in [-0.15, -0.1) is 0 Å². The van der Waals surface area contributed by atoms with Gasteiger partial charge >= 0.3 is 0 Å². The van der Waals surface area contributed by atoms with Gasteiger partial charge < -0.3 is 9.88 Å². The first-order valence-electron chi connectivity index (χ1n) is 14.3. The van der Waals surface area contributed by atoms with Crippen molar-refractivity contribution in [3.05, 3.63) is 59.7 Å². The van der Waals surface area contributed by atoms with Gasteiger partial charge in [0, 0.05) is 17.8 Å². The van der Waals surface area contributed by atoms with Gasteiger partial charge in [-0.2, -0.15) is 0 Å². The molecule has 204 valence electrons. The normalized spacial score (nSPS) is 20.3. The lowest BCUT2D eigenvalue weighted by Crippen LogP contribution is -2.17. The minimum atomic E-state index is -0.608. The van der Waals surface area contributed by atoms with Gasteiger partial charge in [0.2, 0.25) is 5.95 Å². The average Bonchev–Trinajstić information content (AvgIpc) is 3.57. The van der Waals surface area contributed by atoms with Crippen molar-refractivity contribution >= 4 is 22.8 Å². The molecule has 0 aliphatic heterocycles. The second-order valence-corrected chi connectivity index (χ2v) is 11.6. The molecule has 2 saturated carbocycles. The summed E-state index contributed by atoms with van der Waals surface area (Å²) in [5.41, 5.74) is 2.66. The lowest BCUT2D eigenvalue weighted by molar-refractivity contribution is 0.258. The van der Waals surface area contributed by atoms with Crippen LogP contribution in [0.1, 0.15) is 88.6 Å². The number of benzene rings is 1. The number of nitrogens with zero attached hydrogens (tertiary/aromatic N) is 5. The molecular weight excluding hydrogens is 494 g/mol. The molecule has 0 atom stereocenters. The zero-order valence-corrected chi connectivity index (χ0v) is 22.9. The van der Waals surface area contributed by atoms with Crippen LogP contribution in [0.3, 0.4) is 0 Å². The highest BCUT2D eigenvalue weighted by Crippen LogP contribution is 2.39. The number of imidazole rings is 1. The van der Waals surface area contributed by atoms with Gasteiger partial charge in [0.25, 0.3) is 0 Å². The summed E-state index contributed by atoms with van der Waals surface area (Å²) < 4.78 is 32.2. The number of pyridine rings is 1. The van der Waals surface area contributed by atoms with Crippen LogP contribution in [0.5, 0.6) is 0 Å². The average molecular weight is 531 g/mol. The summed E-state index contributed by atoms with van der Waals surface area (Å²) in [6.45, 7) is 6.54. The van der Waals surface area contributed by atoms with Crippen molar-refractivity contribution < 1.29 is 8.78 Å². The second kappa shape index (κ2) is 10.6. The van der Waals surface area contributed by atoms with E-state index in [4.69, 9.17) is 0 Å². The van der Waals surface area contributed by atoms with Crippen LogP contribution in [0, 0.1) is 30.4 Å². The third kappa shape index (κ3) is 5.13. The lowest BCUT2D eigenvalue weighted by Gasteiger charge is -2.31. The number of aryl methyl sites for hydroxylation is 1. The Morgan fingerprint density at radius 1 is 0.897 bits per heavy atom. The maximum absolute atomic E-state index is 15.2. The van der Waals surface area contributed by atoms with E-state index in [9.17, 15) is 4.39 Å². The Morgan fingerprint density at radius 3 is 2.36 bits per heavy atom. The highest BCUT2D eigenvalue weighted by Gasteiger charge is 2.25. The molecule has 1 aromatic carbocycles. The molecule has 6 rings (SSSR count). The molecule has 2 aliphatic carbocycles. The molecule has 0 amide bonds. The van der Waals surface area contributed by atoms with E-state index < -0.39 is 11.6 Å². The van der Waals surface area contributed by atoms with E-state index in [-0.39, 0.29) is 17.7 Å². The first-order chi connectivity index (χ1) is 18.9. The smallest absolute Gasteiger partial charge is 0.229 e. The summed E-state index contributed by atoms with van der Waals surface area (Å²) in [5, 5.41) is 3.09. The molecule has 2 aliphatic rings. The Hall–Kier alpha value is -3.42. The quantitative estimate of drug-likeness (QED) is 0.272. The van der Waals surface area contributed by atoms with E-state index in [1.54, 1.807) is 6.07 Å². The predicted octanol–water partition coefficient (Wildman–Crippen LogP) is 8.26. The first kappa shape index (κ1) is 25.8. The Balaban J connectivity index is 1.24. The molecule has 8 heteroatoms. The van der Waals surface area contributed by atoms with E-state index in [2.05, 4.69) is 49.7 Å². The molecule has 3 heterocycles. The molecule has 0 saturated heterocycles. The Kier molecular flexibility index (Phi) is 7.04. The summed E-state index contributed by atoms with van der Waals surface area (Å²) in [5.74, 6) is 2.60. The van der Waals surface area contributed by atoms with Crippen LogP contribution < -0.4 is 5.32 Å². The van der Waals surface area contributed by atoms with E-state index >= 15 is 4.39 Å².